The zero-order chi connectivity index (χ0) is 16.1. The van der Waals surface area contributed by atoms with Crippen LogP contribution in [-0.4, -0.2) is 41.8 Å². The Morgan fingerprint density at radius 3 is 2.86 bits per heavy atom. The van der Waals surface area contributed by atoms with E-state index in [0.717, 1.165) is 6.42 Å². The van der Waals surface area contributed by atoms with Crippen LogP contribution in [0.15, 0.2) is 24.3 Å². The van der Waals surface area contributed by atoms with Gasteiger partial charge < -0.3 is 20.1 Å². The third-order valence-corrected chi connectivity index (χ3v) is 3.91. The van der Waals surface area contributed by atoms with Gasteiger partial charge in [0.25, 0.3) is 0 Å². The summed E-state index contributed by atoms with van der Waals surface area (Å²) in [4.78, 5) is 14.0. The van der Waals surface area contributed by atoms with E-state index in [-0.39, 0.29) is 11.9 Å². The number of likely N-dealkylation sites (tertiary alicyclic amines) is 1. The van der Waals surface area contributed by atoms with Crippen LogP contribution < -0.4 is 10.1 Å². The Balaban J connectivity index is 1.99. The lowest BCUT2D eigenvalue weighted by Crippen LogP contribution is -2.47. The van der Waals surface area contributed by atoms with Gasteiger partial charge in [0, 0.05) is 13.1 Å². The van der Waals surface area contributed by atoms with Crippen LogP contribution in [0.25, 0.3) is 0 Å². The molecule has 2 amide bonds. The molecule has 1 aliphatic rings. The van der Waals surface area contributed by atoms with Gasteiger partial charge in [-0.25, -0.2) is 4.79 Å². The number of aliphatic hydroxyl groups is 1. The highest BCUT2D eigenvalue weighted by Crippen LogP contribution is 2.25. The molecule has 5 nitrogen and oxygen atoms in total. The van der Waals surface area contributed by atoms with Crippen LogP contribution in [-0.2, 0) is 0 Å². The first kappa shape index (κ1) is 16.6. The number of para-hydroxylation sites is 2. The highest BCUT2D eigenvalue weighted by Gasteiger charge is 2.27. The number of urea groups is 1. The molecule has 2 N–H and O–H groups in total. The molecule has 0 saturated carbocycles. The fourth-order valence-corrected chi connectivity index (χ4v) is 2.38. The van der Waals surface area contributed by atoms with Crippen molar-refractivity contribution in [1.29, 1.82) is 0 Å². The molecule has 122 valence electrons. The third-order valence-electron chi connectivity index (χ3n) is 3.91. The molecule has 2 rings (SSSR count). The molecule has 0 spiro atoms. The number of aliphatic hydroxyl groups excluding tert-OH is 1. The highest BCUT2D eigenvalue weighted by atomic mass is 16.5. The van der Waals surface area contributed by atoms with Gasteiger partial charge in [-0.15, -0.1) is 0 Å². The topological polar surface area (TPSA) is 61.8 Å². The number of carbonyl (C=O) groups is 1. The van der Waals surface area contributed by atoms with E-state index in [0.29, 0.717) is 37.1 Å². The van der Waals surface area contributed by atoms with Gasteiger partial charge >= 0.3 is 6.03 Å². The van der Waals surface area contributed by atoms with E-state index in [4.69, 9.17) is 4.74 Å². The SMILES string of the molecule is CC(C)COc1ccccc1NC(=O)N1CCC(C)C(O)C1. The van der Waals surface area contributed by atoms with Crippen LogP contribution in [0.1, 0.15) is 27.2 Å². The summed E-state index contributed by atoms with van der Waals surface area (Å²) in [5.41, 5.74) is 0.668. The Hall–Kier alpha value is -1.75. The van der Waals surface area contributed by atoms with E-state index in [9.17, 15) is 9.90 Å². The van der Waals surface area contributed by atoms with E-state index >= 15 is 0 Å². The second kappa shape index (κ2) is 7.49. The Labute approximate surface area is 132 Å². The summed E-state index contributed by atoms with van der Waals surface area (Å²) < 4.78 is 5.74. The maximum absolute atomic E-state index is 12.4. The summed E-state index contributed by atoms with van der Waals surface area (Å²) in [6.45, 7) is 7.82. The molecule has 1 aromatic carbocycles. The van der Waals surface area contributed by atoms with E-state index in [1.54, 1.807) is 4.90 Å². The second-order valence-electron chi connectivity index (χ2n) is 6.41. The standard InChI is InChI=1S/C17H26N2O3/c1-12(2)11-22-16-7-5-4-6-14(16)18-17(21)19-9-8-13(3)15(20)10-19/h4-7,12-13,15,20H,8-11H2,1-3H3,(H,18,21). The largest absolute Gasteiger partial charge is 0.491 e. The molecule has 5 heteroatoms. The summed E-state index contributed by atoms with van der Waals surface area (Å²) in [6.07, 6.45) is 0.368. The summed E-state index contributed by atoms with van der Waals surface area (Å²) in [7, 11) is 0. The summed E-state index contributed by atoms with van der Waals surface area (Å²) >= 11 is 0. The van der Waals surface area contributed by atoms with Gasteiger partial charge in [-0.05, 0) is 30.4 Å². The quantitative estimate of drug-likeness (QED) is 0.899. The second-order valence-corrected chi connectivity index (χ2v) is 6.41. The van der Waals surface area contributed by atoms with Gasteiger partial charge in [0.1, 0.15) is 5.75 Å². The maximum Gasteiger partial charge on any atom is 0.322 e. The minimum Gasteiger partial charge on any atom is -0.491 e. The van der Waals surface area contributed by atoms with Crippen molar-refractivity contribution in [3.05, 3.63) is 24.3 Å². The Morgan fingerprint density at radius 2 is 2.18 bits per heavy atom. The van der Waals surface area contributed by atoms with E-state index in [1.165, 1.54) is 0 Å². The predicted molar refractivity (Wildman–Crippen MR) is 87.2 cm³/mol. The van der Waals surface area contributed by atoms with E-state index in [2.05, 4.69) is 19.2 Å². The lowest BCUT2D eigenvalue weighted by Gasteiger charge is -2.34. The molecule has 0 aromatic heterocycles. The maximum atomic E-state index is 12.4. The predicted octanol–water partition coefficient (Wildman–Crippen LogP) is 2.96. The van der Waals surface area contributed by atoms with Crippen molar-refractivity contribution in [3.8, 4) is 5.75 Å². The van der Waals surface area contributed by atoms with Crippen molar-refractivity contribution in [1.82, 2.24) is 4.90 Å². The molecule has 1 aliphatic heterocycles. The fourth-order valence-electron chi connectivity index (χ4n) is 2.38. The number of rotatable bonds is 4. The van der Waals surface area contributed by atoms with E-state index in [1.807, 2.05) is 31.2 Å². The number of amides is 2. The van der Waals surface area contributed by atoms with Crippen LogP contribution in [0.3, 0.4) is 0 Å². The van der Waals surface area contributed by atoms with Gasteiger partial charge in [-0.3, -0.25) is 0 Å². The molecule has 2 unspecified atom stereocenters. The van der Waals surface area contributed by atoms with Crippen molar-refractivity contribution in [2.24, 2.45) is 11.8 Å². The number of carbonyl (C=O) groups excluding carboxylic acids is 1. The summed E-state index contributed by atoms with van der Waals surface area (Å²) in [5, 5.41) is 12.8. The lowest BCUT2D eigenvalue weighted by molar-refractivity contribution is 0.0463. The molecule has 1 saturated heterocycles. The van der Waals surface area contributed by atoms with Gasteiger partial charge in [0.15, 0.2) is 0 Å². The number of nitrogens with one attached hydrogen (secondary N) is 1. The normalized spacial score (nSPS) is 21.8. The van der Waals surface area contributed by atoms with E-state index < -0.39 is 6.10 Å². The van der Waals surface area contributed by atoms with Gasteiger partial charge in [0.05, 0.1) is 18.4 Å². The molecule has 2 atom stereocenters. The van der Waals surface area contributed by atoms with Crippen LogP contribution in [0, 0.1) is 11.8 Å². The number of β-amino-alcohol motifs (C(OH)–C–C–N with tert-alkyl or cyclic N) is 1. The van der Waals surface area contributed by atoms with Crippen molar-refractivity contribution >= 4 is 11.7 Å². The number of nitrogens with zero attached hydrogens (tertiary/aromatic N) is 1. The molecule has 0 bridgehead atoms. The lowest BCUT2D eigenvalue weighted by atomic mass is 9.96. The minimum absolute atomic E-state index is 0.188. The first-order valence-electron chi connectivity index (χ1n) is 7.93. The molecule has 0 aliphatic carbocycles. The first-order valence-corrected chi connectivity index (χ1v) is 7.93. The van der Waals surface area contributed by atoms with Crippen molar-refractivity contribution in [2.75, 3.05) is 25.0 Å². The number of hydrogen-bond donors (Lipinski definition) is 2. The molecule has 0 radical (unpaired) electrons. The third kappa shape index (κ3) is 4.37. The molecule has 1 aromatic rings. The first-order chi connectivity index (χ1) is 10.5. The summed E-state index contributed by atoms with van der Waals surface area (Å²) in [6, 6.07) is 7.25. The van der Waals surface area contributed by atoms with Crippen LogP contribution in [0.5, 0.6) is 5.75 Å². The minimum atomic E-state index is -0.452. The van der Waals surface area contributed by atoms with Gasteiger partial charge in [0.2, 0.25) is 0 Å². The number of ether oxygens (including phenoxy) is 1. The smallest absolute Gasteiger partial charge is 0.322 e. The zero-order valence-corrected chi connectivity index (χ0v) is 13.6. The van der Waals surface area contributed by atoms with Crippen LogP contribution in [0.4, 0.5) is 10.5 Å². The number of hydrogen-bond acceptors (Lipinski definition) is 3. The molecule has 22 heavy (non-hydrogen) atoms. The highest BCUT2D eigenvalue weighted by molar-refractivity contribution is 5.91. The van der Waals surface area contributed by atoms with Crippen molar-refractivity contribution < 1.29 is 14.6 Å². The zero-order valence-electron chi connectivity index (χ0n) is 13.6. The average Bonchev–Trinajstić information content (AvgIpc) is 2.49. The Morgan fingerprint density at radius 1 is 1.45 bits per heavy atom. The molecular weight excluding hydrogens is 280 g/mol. The number of benzene rings is 1. The molecular formula is C17H26N2O3. The van der Waals surface area contributed by atoms with Crippen LogP contribution >= 0.6 is 0 Å². The fraction of sp³-hybridized carbons (Fsp3) is 0.588. The number of piperidine rings is 1. The average molecular weight is 306 g/mol. The number of anilines is 1. The van der Waals surface area contributed by atoms with Crippen molar-refractivity contribution in [2.45, 2.75) is 33.3 Å². The molecule has 1 fully saturated rings. The van der Waals surface area contributed by atoms with Gasteiger partial charge in [-0.1, -0.05) is 32.9 Å². The van der Waals surface area contributed by atoms with Gasteiger partial charge in [-0.2, -0.15) is 0 Å². The molecule has 1 heterocycles. The summed E-state index contributed by atoms with van der Waals surface area (Å²) in [5.74, 6) is 1.34. The van der Waals surface area contributed by atoms with Crippen LogP contribution in [0.2, 0.25) is 0 Å². The van der Waals surface area contributed by atoms with Crippen molar-refractivity contribution in [3.63, 3.8) is 0 Å². The Kier molecular flexibility index (Phi) is 5.66. The monoisotopic (exact) mass is 306 g/mol. The Bertz CT molecular complexity index is 504.